The highest BCUT2D eigenvalue weighted by atomic mass is 35.5. The van der Waals surface area contributed by atoms with Crippen LogP contribution in [0, 0.1) is 0 Å². The Labute approximate surface area is 183 Å². The third kappa shape index (κ3) is 4.72. The molecule has 0 spiro atoms. The zero-order chi connectivity index (χ0) is 21.1. The zero-order valence-electron chi connectivity index (χ0n) is 16.4. The van der Waals surface area contributed by atoms with Gasteiger partial charge in [0.15, 0.2) is 0 Å². The van der Waals surface area contributed by atoms with Crippen LogP contribution in [0.2, 0.25) is 5.02 Å². The van der Waals surface area contributed by atoms with Crippen molar-refractivity contribution in [1.82, 2.24) is 10.3 Å². The number of nitrogens with one attached hydrogen (secondary N) is 1. The SMILES string of the molecule is CC(=O)NC(C)c1ccc2cc(Oc3ccc(Oc4nccs4)cc3Cl)ccc2c1. The quantitative estimate of drug-likeness (QED) is 0.362. The molecule has 4 aromatic rings. The fraction of sp³-hybridized carbons (Fsp3) is 0.130. The van der Waals surface area contributed by atoms with Crippen molar-refractivity contribution in [1.29, 1.82) is 0 Å². The average molecular weight is 439 g/mol. The smallest absolute Gasteiger partial charge is 0.278 e. The molecule has 0 bridgehead atoms. The Kier molecular flexibility index (Phi) is 5.88. The monoisotopic (exact) mass is 438 g/mol. The van der Waals surface area contributed by atoms with E-state index in [1.165, 1.54) is 18.3 Å². The van der Waals surface area contributed by atoms with Gasteiger partial charge >= 0.3 is 0 Å². The van der Waals surface area contributed by atoms with Crippen molar-refractivity contribution >= 4 is 39.6 Å². The van der Waals surface area contributed by atoms with E-state index in [0.717, 1.165) is 16.3 Å². The fourth-order valence-corrected chi connectivity index (χ4v) is 3.79. The lowest BCUT2D eigenvalue weighted by Gasteiger charge is -2.14. The second-order valence-electron chi connectivity index (χ2n) is 6.78. The van der Waals surface area contributed by atoms with Crippen LogP contribution in [0.4, 0.5) is 0 Å². The Hall–Kier alpha value is -3.09. The summed E-state index contributed by atoms with van der Waals surface area (Å²) >= 11 is 7.79. The van der Waals surface area contributed by atoms with Gasteiger partial charge < -0.3 is 14.8 Å². The van der Waals surface area contributed by atoms with E-state index in [9.17, 15) is 4.79 Å². The number of halogens is 1. The number of aromatic nitrogens is 1. The molecule has 1 unspecified atom stereocenters. The lowest BCUT2D eigenvalue weighted by atomic mass is 10.0. The van der Waals surface area contributed by atoms with Crippen LogP contribution in [0.3, 0.4) is 0 Å². The van der Waals surface area contributed by atoms with Crippen molar-refractivity contribution in [3.8, 4) is 22.4 Å². The molecule has 30 heavy (non-hydrogen) atoms. The highest BCUT2D eigenvalue weighted by Gasteiger charge is 2.10. The van der Waals surface area contributed by atoms with Crippen LogP contribution in [0.5, 0.6) is 22.4 Å². The van der Waals surface area contributed by atoms with Gasteiger partial charge in [-0.3, -0.25) is 4.79 Å². The molecule has 1 N–H and O–H groups in total. The largest absolute Gasteiger partial charge is 0.456 e. The van der Waals surface area contributed by atoms with Crippen LogP contribution in [0.25, 0.3) is 10.8 Å². The summed E-state index contributed by atoms with van der Waals surface area (Å²) in [6.45, 7) is 3.48. The summed E-state index contributed by atoms with van der Waals surface area (Å²) in [4.78, 5) is 15.4. The second kappa shape index (κ2) is 8.73. The van der Waals surface area contributed by atoms with Gasteiger partial charge in [0.1, 0.15) is 17.2 Å². The van der Waals surface area contributed by atoms with E-state index < -0.39 is 0 Å². The number of ether oxygens (including phenoxy) is 2. The molecule has 7 heteroatoms. The molecule has 3 aromatic carbocycles. The maximum absolute atomic E-state index is 11.3. The molecule has 5 nitrogen and oxygen atoms in total. The van der Waals surface area contributed by atoms with Gasteiger partial charge in [0.2, 0.25) is 5.91 Å². The van der Waals surface area contributed by atoms with Crippen LogP contribution in [-0.4, -0.2) is 10.9 Å². The maximum atomic E-state index is 11.3. The number of hydrogen-bond donors (Lipinski definition) is 1. The molecule has 0 saturated carbocycles. The molecule has 0 aliphatic heterocycles. The molecule has 1 atom stereocenters. The van der Waals surface area contributed by atoms with Crippen molar-refractivity contribution in [2.45, 2.75) is 19.9 Å². The van der Waals surface area contributed by atoms with E-state index in [-0.39, 0.29) is 11.9 Å². The van der Waals surface area contributed by atoms with Crippen LogP contribution >= 0.6 is 22.9 Å². The minimum Gasteiger partial charge on any atom is -0.456 e. The van der Waals surface area contributed by atoms with Crippen molar-refractivity contribution < 1.29 is 14.3 Å². The molecule has 0 radical (unpaired) electrons. The summed E-state index contributed by atoms with van der Waals surface area (Å²) in [5, 5.41) is 7.85. The highest BCUT2D eigenvalue weighted by Crippen LogP contribution is 2.35. The number of carbonyl (C=O) groups excluding carboxylic acids is 1. The summed E-state index contributed by atoms with van der Waals surface area (Å²) in [7, 11) is 0. The number of fused-ring (bicyclic) bond motifs is 1. The van der Waals surface area contributed by atoms with E-state index in [2.05, 4.69) is 16.4 Å². The van der Waals surface area contributed by atoms with Crippen molar-refractivity contribution in [2.75, 3.05) is 0 Å². The van der Waals surface area contributed by atoms with Gasteiger partial charge in [-0.05, 0) is 53.6 Å². The van der Waals surface area contributed by atoms with E-state index in [0.29, 0.717) is 27.5 Å². The standard InChI is InChI=1S/C23H19ClN2O3S/c1-14(26-15(2)27)16-3-4-18-12-19(6-5-17(18)11-16)28-22-8-7-20(13-21(22)24)29-23-25-9-10-30-23/h3-14H,1-2H3,(H,26,27). The summed E-state index contributed by atoms with van der Waals surface area (Å²) in [5.41, 5.74) is 1.05. The molecule has 1 heterocycles. The van der Waals surface area contributed by atoms with Crippen molar-refractivity contribution in [3.63, 3.8) is 0 Å². The number of nitrogens with zero attached hydrogens (tertiary/aromatic N) is 1. The van der Waals surface area contributed by atoms with Crippen LogP contribution in [0.1, 0.15) is 25.5 Å². The number of rotatable bonds is 6. The van der Waals surface area contributed by atoms with E-state index in [4.69, 9.17) is 21.1 Å². The van der Waals surface area contributed by atoms with Gasteiger partial charge in [-0.1, -0.05) is 41.1 Å². The first-order chi connectivity index (χ1) is 14.5. The van der Waals surface area contributed by atoms with Gasteiger partial charge in [-0.2, -0.15) is 0 Å². The van der Waals surface area contributed by atoms with Gasteiger partial charge in [0.05, 0.1) is 11.1 Å². The topological polar surface area (TPSA) is 60.5 Å². The Morgan fingerprint density at radius 3 is 2.50 bits per heavy atom. The Morgan fingerprint density at radius 1 is 1.03 bits per heavy atom. The summed E-state index contributed by atoms with van der Waals surface area (Å²) in [6.07, 6.45) is 1.68. The molecule has 0 aliphatic rings. The van der Waals surface area contributed by atoms with Crippen LogP contribution < -0.4 is 14.8 Å². The maximum Gasteiger partial charge on any atom is 0.278 e. The average Bonchev–Trinajstić information content (AvgIpc) is 3.22. The van der Waals surface area contributed by atoms with Gasteiger partial charge in [0, 0.05) is 24.6 Å². The minimum atomic E-state index is -0.0497. The highest BCUT2D eigenvalue weighted by molar-refractivity contribution is 7.11. The molecule has 0 saturated heterocycles. The molecular formula is C23H19ClN2O3S. The first-order valence-corrected chi connectivity index (χ1v) is 10.6. The van der Waals surface area contributed by atoms with Crippen molar-refractivity contribution in [2.24, 2.45) is 0 Å². The molecule has 1 amide bonds. The normalized spacial score (nSPS) is 11.8. The van der Waals surface area contributed by atoms with Crippen LogP contribution in [-0.2, 0) is 4.79 Å². The minimum absolute atomic E-state index is 0.0493. The van der Waals surface area contributed by atoms with E-state index in [1.54, 1.807) is 24.4 Å². The lowest BCUT2D eigenvalue weighted by molar-refractivity contribution is -0.119. The Balaban J connectivity index is 1.51. The Morgan fingerprint density at radius 2 is 1.77 bits per heavy atom. The number of amides is 1. The number of carbonyl (C=O) groups is 1. The van der Waals surface area contributed by atoms with Crippen LogP contribution in [0.15, 0.2) is 66.2 Å². The number of hydrogen-bond acceptors (Lipinski definition) is 5. The third-order valence-corrected chi connectivity index (χ3v) is 5.45. The predicted molar refractivity (Wildman–Crippen MR) is 120 cm³/mol. The Bertz CT molecular complexity index is 1190. The second-order valence-corrected chi connectivity index (χ2v) is 8.05. The summed E-state index contributed by atoms with van der Waals surface area (Å²) < 4.78 is 11.6. The first kappa shape index (κ1) is 20.2. The number of thiazole rings is 1. The summed E-state index contributed by atoms with van der Waals surface area (Å²) in [6, 6.07) is 17.1. The molecule has 152 valence electrons. The number of benzene rings is 3. The fourth-order valence-electron chi connectivity index (χ4n) is 3.08. The lowest BCUT2D eigenvalue weighted by Crippen LogP contribution is -2.23. The van der Waals surface area contributed by atoms with E-state index in [1.807, 2.05) is 42.6 Å². The zero-order valence-corrected chi connectivity index (χ0v) is 18.0. The molecule has 4 rings (SSSR count). The van der Waals surface area contributed by atoms with Gasteiger partial charge in [-0.25, -0.2) is 4.98 Å². The van der Waals surface area contributed by atoms with Crippen molar-refractivity contribution in [3.05, 3.63) is 76.8 Å². The molecule has 1 aromatic heterocycles. The molecule has 0 fully saturated rings. The first-order valence-electron chi connectivity index (χ1n) is 9.33. The summed E-state index contributed by atoms with van der Waals surface area (Å²) in [5.74, 6) is 1.77. The van der Waals surface area contributed by atoms with Gasteiger partial charge in [0.25, 0.3) is 5.19 Å². The molecule has 0 aliphatic carbocycles. The van der Waals surface area contributed by atoms with E-state index >= 15 is 0 Å². The molecular weight excluding hydrogens is 420 g/mol. The third-order valence-electron chi connectivity index (χ3n) is 4.50. The van der Waals surface area contributed by atoms with Gasteiger partial charge in [-0.15, -0.1) is 0 Å². The predicted octanol–water partition coefficient (Wildman–Crippen LogP) is 6.73.